The first-order valence-corrected chi connectivity index (χ1v) is 13.1. The number of benzene rings is 2. The number of nitrogens with one attached hydrogen (secondary N) is 1. The molecule has 4 aromatic rings. The van der Waals surface area contributed by atoms with E-state index in [2.05, 4.69) is 43.0 Å². The lowest BCUT2D eigenvalue weighted by Gasteiger charge is -2.12. The minimum atomic E-state index is -0.648. The van der Waals surface area contributed by atoms with Crippen molar-refractivity contribution in [3.8, 4) is 17.4 Å². The number of pyridine rings is 1. The Labute approximate surface area is 227 Å². The molecule has 0 aliphatic rings. The zero-order valence-electron chi connectivity index (χ0n) is 22.6. The number of amides is 2. The van der Waals surface area contributed by atoms with Gasteiger partial charge in [0.15, 0.2) is 16.6 Å². The van der Waals surface area contributed by atoms with Gasteiger partial charge in [0.05, 0.1) is 23.7 Å². The van der Waals surface area contributed by atoms with E-state index in [0.29, 0.717) is 22.0 Å². The SMILES string of the molecule is CCC(C)(C)C.COc1cc(CC(=O)Nc2nc3cc(C)ccc3s2)ccc1Oc1ncccc1C(N)=O. The van der Waals surface area contributed by atoms with Gasteiger partial charge in [-0.1, -0.05) is 57.6 Å². The quantitative estimate of drug-likeness (QED) is 0.279. The third-order valence-corrected chi connectivity index (χ3v) is 6.64. The lowest BCUT2D eigenvalue weighted by Crippen LogP contribution is -2.14. The molecule has 2 amide bonds. The van der Waals surface area contributed by atoms with Crippen LogP contribution < -0.4 is 20.5 Å². The van der Waals surface area contributed by atoms with Crippen LogP contribution in [0.1, 0.15) is 55.6 Å². The molecule has 0 unspecified atom stereocenters. The molecule has 0 saturated heterocycles. The fourth-order valence-corrected chi connectivity index (χ4v) is 3.97. The van der Waals surface area contributed by atoms with E-state index in [0.717, 1.165) is 21.3 Å². The lowest BCUT2D eigenvalue weighted by molar-refractivity contribution is -0.115. The number of aryl methyl sites for hydroxylation is 1. The Bertz CT molecular complexity index is 1430. The van der Waals surface area contributed by atoms with Crippen LogP contribution in [0.15, 0.2) is 54.7 Å². The number of fused-ring (bicyclic) bond motifs is 1. The van der Waals surface area contributed by atoms with Crippen LogP contribution in [0.4, 0.5) is 5.13 Å². The van der Waals surface area contributed by atoms with Crippen LogP contribution in [-0.2, 0) is 11.2 Å². The molecule has 9 heteroatoms. The molecule has 200 valence electrons. The number of hydrogen-bond donors (Lipinski definition) is 2. The van der Waals surface area contributed by atoms with Gasteiger partial charge in [-0.25, -0.2) is 9.97 Å². The summed E-state index contributed by atoms with van der Waals surface area (Å²) >= 11 is 1.43. The number of hydrogen-bond acceptors (Lipinski definition) is 7. The smallest absolute Gasteiger partial charge is 0.254 e. The van der Waals surface area contributed by atoms with Crippen molar-refractivity contribution in [2.24, 2.45) is 11.1 Å². The maximum Gasteiger partial charge on any atom is 0.254 e. The zero-order chi connectivity index (χ0) is 27.9. The molecule has 2 aromatic carbocycles. The highest BCUT2D eigenvalue weighted by molar-refractivity contribution is 7.22. The van der Waals surface area contributed by atoms with Crippen LogP contribution >= 0.6 is 11.3 Å². The lowest BCUT2D eigenvalue weighted by atomic mass is 9.94. The van der Waals surface area contributed by atoms with E-state index in [1.807, 2.05) is 25.1 Å². The van der Waals surface area contributed by atoms with Gasteiger partial charge in [-0.2, -0.15) is 0 Å². The van der Waals surface area contributed by atoms with E-state index in [1.165, 1.54) is 37.1 Å². The summed E-state index contributed by atoms with van der Waals surface area (Å²) in [4.78, 5) is 32.7. The molecule has 0 spiro atoms. The zero-order valence-corrected chi connectivity index (χ0v) is 23.4. The third kappa shape index (κ3) is 8.01. The maximum atomic E-state index is 12.5. The monoisotopic (exact) mass is 534 g/mol. The molecule has 0 saturated carbocycles. The van der Waals surface area contributed by atoms with Crippen molar-refractivity contribution in [2.75, 3.05) is 12.4 Å². The molecule has 2 aromatic heterocycles. The van der Waals surface area contributed by atoms with Crippen LogP contribution in [0.25, 0.3) is 10.2 Å². The standard InChI is InChI=1S/C23H20N4O4S.C6H14/c1-13-5-8-19-16(10-13)26-23(32-19)27-20(28)12-14-6-7-17(18(11-14)30-2)31-22-15(21(24)29)4-3-9-25-22;1-5-6(2,3)4/h3-11H,12H2,1-2H3,(H2,24,29)(H,26,27,28);5H2,1-4H3. The molecule has 4 rings (SSSR count). The molecular formula is C29H34N4O4S. The normalized spacial score (nSPS) is 10.9. The van der Waals surface area contributed by atoms with Crippen LogP contribution in [0, 0.1) is 12.3 Å². The van der Waals surface area contributed by atoms with Crippen molar-refractivity contribution in [3.05, 3.63) is 71.4 Å². The first kappa shape index (κ1) is 28.6. The predicted octanol–water partition coefficient (Wildman–Crippen LogP) is 6.52. The summed E-state index contributed by atoms with van der Waals surface area (Å²) in [7, 11) is 1.49. The van der Waals surface area contributed by atoms with Gasteiger partial charge >= 0.3 is 0 Å². The molecule has 0 aliphatic heterocycles. The van der Waals surface area contributed by atoms with Gasteiger partial charge in [0.25, 0.3) is 5.91 Å². The van der Waals surface area contributed by atoms with Crippen LogP contribution in [0.3, 0.4) is 0 Å². The molecule has 2 heterocycles. The number of anilines is 1. The highest BCUT2D eigenvalue weighted by Gasteiger charge is 2.15. The Morgan fingerprint density at radius 2 is 1.82 bits per heavy atom. The number of methoxy groups -OCH3 is 1. The summed E-state index contributed by atoms with van der Waals surface area (Å²) in [5.74, 6) is -0.0243. The molecule has 0 aliphatic carbocycles. The van der Waals surface area contributed by atoms with Crippen molar-refractivity contribution >= 4 is 38.5 Å². The highest BCUT2D eigenvalue weighted by atomic mass is 32.1. The molecule has 0 atom stereocenters. The maximum absolute atomic E-state index is 12.5. The number of thiazole rings is 1. The fraction of sp³-hybridized carbons (Fsp3) is 0.310. The third-order valence-electron chi connectivity index (χ3n) is 5.69. The largest absolute Gasteiger partial charge is 0.493 e. The van der Waals surface area contributed by atoms with Crippen molar-refractivity contribution in [2.45, 2.75) is 47.5 Å². The Kier molecular flexibility index (Phi) is 9.41. The van der Waals surface area contributed by atoms with Gasteiger partial charge in [0.1, 0.15) is 5.56 Å². The average molecular weight is 535 g/mol. The highest BCUT2D eigenvalue weighted by Crippen LogP contribution is 2.33. The molecule has 0 bridgehead atoms. The molecule has 38 heavy (non-hydrogen) atoms. The molecule has 8 nitrogen and oxygen atoms in total. The number of nitrogens with two attached hydrogens (primary N) is 1. The van der Waals surface area contributed by atoms with Crippen LogP contribution in [0.2, 0.25) is 0 Å². The molecule has 0 fully saturated rings. The summed E-state index contributed by atoms with van der Waals surface area (Å²) in [5.41, 5.74) is 8.77. The Balaban J connectivity index is 0.000000599. The second-order valence-corrected chi connectivity index (χ2v) is 11.0. The van der Waals surface area contributed by atoms with Crippen molar-refractivity contribution in [1.29, 1.82) is 0 Å². The van der Waals surface area contributed by atoms with Crippen LogP contribution in [0.5, 0.6) is 17.4 Å². The van der Waals surface area contributed by atoms with Gasteiger partial charge in [-0.3, -0.25) is 9.59 Å². The minimum absolute atomic E-state index is 0.0786. The van der Waals surface area contributed by atoms with Gasteiger partial charge in [0.2, 0.25) is 11.8 Å². The second kappa shape index (κ2) is 12.5. The van der Waals surface area contributed by atoms with E-state index in [-0.39, 0.29) is 23.8 Å². The van der Waals surface area contributed by atoms with Gasteiger partial charge < -0.3 is 20.5 Å². The molecule has 3 N–H and O–H groups in total. The number of nitrogens with zero attached hydrogens (tertiary/aromatic N) is 2. The first-order chi connectivity index (χ1) is 18.0. The van der Waals surface area contributed by atoms with E-state index in [1.54, 1.807) is 24.3 Å². The summed E-state index contributed by atoms with van der Waals surface area (Å²) in [6, 6.07) is 14.2. The van der Waals surface area contributed by atoms with Gasteiger partial charge in [0, 0.05) is 6.20 Å². The summed E-state index contributed by atoms with van der Waals surface area (Å²) in [6.07, 6.45) is 2.89. The van der Waals surface area contributed by atoms with E-state index < -0.39 is 5.91 Å². The summed E-state index contributed by atoms with van der Waals surface area (Å²) < 4.78 is 12.2. The number of primary amides is 1. The van der Waals surface area contributed by atoms with E-state index >= 15 is 0 Å². The van der Waals surface area contributed by atoms with E-state index in [4.69, 9.17) is 15.2 Å². The van der Waals surface area contributed by atoms with Gasteiger partial charge in [-0.15, -0.1) is 0 Å². The Morgan fingerprint density at radius 1 is 1.08 bits per heavy atom. The molecule has 0 radical (unpaired) electrons. The molecular weight excluding hydrogens is 500 g/mol. The second-order valence-electron chi connectivity index (χ2n) is 9.94. The van der Waals surface area contributed by atoms with Crippen molar-refractivity contribution < 1.29 is 19.1 Å². The number of carbonyl (C=O) groups is 2. The number of carbonyl (C=O) groups excluding carboxylic acids is 2. The number of rotatable bonds is 7. The number of aromatic nitrogens is 2. The number of ether oxygens (including phenoxy) is 2. The Morgan fingerprint density at radius 3 is 2.47 bits per heavy atom. The van der Waals surface area contributed by atoms with Crippen molar-refractivity contribution in [3.63, 3.8) is 0 Å². The van der Waals surface area contributed by atoms with Crippen LogP contribution in [-0.4, -0.2) is 28.9 Å². The summed E-state index contributed by atoms with van der Waals surface area (Å²) in [6.45, 7) is 10.9. The topological polar surface area (TPSA) is 116 Å². The summed E-state index contributed by atoms with van der Waals surface area (Å²) in [5, 5.41) is 3.40. The van der Waals surface area contributed by atoms with E-state index in [9.17, 15) is 9.59 Å². The predicted molar refractivity (Wildman–Crippen MR) is 152 cm³/mol. The van der Waals surface area contributed by atoms with Crippen molar-refractivity contribution in [1.82, 2.24) is 9.97 Å². The first-order valence-electron chi connectivity index (χ1n) is 12.3. The Hall–Kier alpha value is -3.98. The van der Waals surface area contributed by atoms with Gasteiger partial charge in [-0.05, 0) is 59.9 Å². The average Bonchev–Trinajstić information content (AvgIpc) is 3.26. The fourth-order valence-electron chi connectivity index (χ4n) is 3.11. The minimum Gasteiger partial charge on any atom is -0.493 e.